The van der Waals surface area contributed by atoms with Gasteiger partial charge < -0.3 is 13.9 Å². The van der Waals surface area contributed by atoms with E-state index in [-0.39, 0.29) is 0 Å². The van der Waals surface area contributed by atoms with Crippen LogP contribution in [0.1, 0.15) is 0 Å². The van der Waals surface area contributed by atoms with Crippen molar-refractivity contribution >= 4 is 71.6 Å². The van der Waals surface area contributed by atoms with Crippen LogP contribution >= 0.6 is 0 Å². The van der Waals surface area contributed by atoms with Gasteiger partial charge in [0.15, 0.2) is 0 Å². The molecule has 0 N–H and O–H groups in total. The van der Waals surface area contributed by atoms with E-state index in [1.807, 2.05) is 0 Å². The quantitative estimate of drug-likeness (QED) is 0.172. The van der Waals surface area contributed by atoms with Crippen molar-refractivity contribution in [2.75, 3.05) is 4.90 Å². The summed E-state index contributed by atoms with van der Waals surface area (Å²) in [5.41, 5.74) is 13.4. The minimum absolute atomic E-state index is 0.876. The number of fused-ring (bicyclic) bond motifs is 8. The Morgan fingerprint density at radius 1 is 0.364 bits per heavy atom. The molecule has 3 nitrogen and oxygen atoms in total. The Hall–Kier alpha value is -7.36. The fourth-order valence-corrected chi connectivity index (χ4v) is 8.47. The minimum Gasteiger partial charge on any atom is -0.456 e. The lowest BCUT2D eigenvalue weighted by Crippen LogP contribution is -2.09. The van der Waals surface area contributed by atoms with E-state index >= 15 is 0 Å². The Morgan fingerprint density at radius 2 is 1.00 bits per heavy atom. The summed E-state index contributed by atoms with van der Waals surface area (Å²) in [4.78, 5) is 2.32. The van der Waals surface area contributed by atoms with Gasteiger partial charge in [-0.05, 0) is 112 Å². The second kappa shape index (κ2) is 12.6. The highest BCUT2D eigenvalue weighted by Crippen LogP contribution is 2.43. The van der Waals surface area contributed by atoms with Crippen LogP contribution in [-0.2, 0) is 0 Å². The number of hydrogen-bond donors (Lipinski definition) is 0. The standard InChI is InChI=1S/C52H34N2O/c1-4-13-35(14-5-1)36-23-27-41(28-24-36)53(39-15-6-2-7-16-39)42-29-32-49-46(34-42)52-44-30-25-37(33-38(44)26-31-50(52)55-49)43-20-12-22-48-51(43)45-19-10-11-21-47(45)54(48)40-17-8-3-9-18-40/h1-34H. The Bertz CT molecular complexity index is 3180. The summed E-state index contributed by atoms with van der Waals surface area (Å²) in [7, 11) is 0. The van der Waals surface area contributed by atoms with Crippen molar-refractivity contribution in [2.24, 2.45) is 0 Å². The van der Waals surface area contributed by atoms with Gasteiger partial charge >= 0.3 is 0 Å². The van der Waals surface area contributed by atoms with E-state index in [0.29, 0.717) is 0 Å². The molecule has 0 radical (unpaired) electrons. The summed E-state index contributed by atoms with van der Waals surface area (Å²) in [5, 5.41) is 7.10. The Kier molecular flexibility index (Phi) is 7.17. The average molecular weight is 703 g/mol. The zero-order valence-corrected chi connectivity index (χ0v) is 29.9. The highest BCUT2D eigenvalue weighted by Gasteiger charge is 2.19. The summed E-state index contributed by atoms with van der Waals surface area (Å²) in [6.07, 6.45) is 0. The molecule has 0 atom stereocenters. The van der Waals surface area contributed by atoms with Gasteiger partial charge in [-0.2, -0.15) is 0 Å². The van der Waals surface area contributed by atoms with Crippen molar-refractivity contribution in [3.05, 3.63) is 206 Å². The number of anilines is 3. The molecule has 11 aromatic rings. The molecule has 0 aliphatic heterocycles. The van der Waals surface area contributed by atoms with Gasteiger partial charge in [-0.25, -0.2) is 0 Å². The second-order valence-corrected chi connectivity index (χ2v) is 14.1. The Morgan fingerprint density at radius 3 is 1.82 bits per heavy atom. The van der Waals surface area contributed by atoms with Crippen LogP contribution in [0.5, 0.6) is 0 Å². The van der Waals surface area contributed by atoms with E-state index in [1.165, 1.54) is 54.8 Å². The van der Waals surface area contributed by atoms with Crippen molar-refractivity contribution in [2.45, 2.75) is 0 Å². The van der Waals surface area contributed by atoms with Gasteiger partial charge in [-0.3, -0.25) is 0 Å². The fourth-order valence-electron chi connectivity index (χ4n) is 8.47. The van der Waals surface area contributed by atoms with Crippen LogP contribution in [0, 0.1) is 0 Å². The van der Waals surface area contributed by atoms with Gasteiger partial charge in [-0.15, -0.1) is 0 Å². The maximum atomic E-state index is 6.52. The Labute approximate surface area is 318 Å². The number of furan rings is 1. The minimum atomic E-state index is 0.876. The number of rotatable bonds is 6. The van der Waals surface area contributed by atoms with Crippen molar-refractivity contribution in [3.8, 4) is 27.9 Å². The molecular formula is C52H34N2O. The zero-order chi connectivity index (χ0) is 36.3. The third-order valence-electron chi connectivity index (χ3n) is 11.0. The molecule has 0 saturated carbocycles. The maximum absolute atomic E-state index is 6.52. The van der Waals surface area contributed by atoms with Crippen molar-refractivity contribution in [1.82, 2.24) is 4.57 Å². The summed E-state index contributed by atoms with van der Waals surface area (Å²) in [5.74, 6) is 0. The maximum Gasteiger partial charge on any atom is 0.136 e. The van der Waals surface area contributed by atoms with Crippen LogP contribution in [0.3, 0.4) is 0 Å². The van der Waals surface area contributed by atoms with Crippen molar-refractivity contribution in [1.29, 1.82) is 0 Å². The lowest BCUT2D eigenvalue weighted by molar-refractivity contribution is 0.669. The van der Waals surface area contributed by atoms with E-state index in [1.54, 1.807) is 0 Å². The van der Waals surface area contributed by atoms with Crippen LogP contribution in [0.4, 0.5) is 17.1 Å². The molecular weight excluding hydrogens is 669 g/mol. The highest BCUT2D eigenvalue weighted by molar-refractivity contribution is 6.21. The third-order valence-corrected chi connectivity index (χ3v) is 11.0. The topological polar surface area (TPSA) is 21.3 Å². The number of para-hydroxylation sites is 3. The molecule has 3 heteroatoms. The van der Waals surface area contributed by atoms with E-state index in [4.69, 9.17) is 4.42 Å². The first kappa shape index (κ1) is 31.2. The number of nitrogens with zero attached hydrogens (tertiary/aromatic N) is 2. The summed E-state index contributed by atoms with van der Waals surface area (Å²) in [6, 6.07) is 73.8. The molecule has 0 bridgehead atoms. The smallest absolute Gasteiger partial charge is 0.136 e. The number of aromatic nitrogens is 1. The number of benzene rings is 9. The first-order valence-electron chi connectivity index (χ1n) is 18.8. The van der Waals surface area contributed by atoms with Crippen LogP contribution in [0.2, 0.25) is 0 Å². The molecule has 0 spiro atoms. The van der Waals surface area contributed by atoms with E-state index in [0.717, 1.165) is 44.7 Å². The molecule has 11 rings (SSSR count). The monoisotopic (exact) mass is 702 g/mol. The first-order chi connectivity index (χ1) is 27.3. The SMILES string of the molecule is c1ccc(-c2ccc(N(c3ccccc3)c3ccc4oc5ccc6cc(-c7cccc8c7c7ccccc7n8-c7ccccc7)ccc6c5c4c3)cc2)cc1. The van der Waals surface area contributed by atoms with Gasteiger partial charge in [0, 0.05) is 44.3 Å². The lowest BCUT2D eigenvalue weighted by Gasteiger charge is -2.25. The second-order valence-electron chi connectivity index (χ2n) is 14.1. The molecule has 2 heterocycles. The largest absolute Gasteiger partial charge is 0.456 e. The van der Waals surface area contributed by atoms with Gasteiger partial charge in [0.05, 0.1) is 11.0 Å². The van der Waals surface area contributed by atoms with Crippen LogP contribution in [0.15, 0.2) is 211 Å². The van der Waals surface area contributed by atoms with Gasteiger partial charge in [0.25, 0.3) is 0 Å². The third kappa shape index (κ3) is 5.13. The van der Waals surface area contributed by atoms with E-state index in [9.17, 15) is 0 Å². The molecule has 55 heavy (non-hydrogen) atoms. The molecule has 2 aromatic heterocycles. The Balaban J connectivity index is 1.06. The highest BCUT2D eigenvalue weighted by atomic mass is 16.3. The van der Waals surface area contributed by atoms with Crippen molar-refractivity contribution < 1.29 is 4.42 Å². The van der Waals surface area contributed by atoms with Gasteiger partial charge in [0.1, 0.15) is 11.2 Å². The normalized spacial score (nSPS) is 11.6. The molecule has 0 unspecified atom stereocenters. The summed E-state index contributed by atoms with van der Waals surface area (Å²) < 4.78 is 8.89. The average Bonchev–Trinajstić information content (AvgIpc) is 3.81. The first-order valence-corrected chi connectivity index (χ1v) is 18.8. The van der Waals surface area contributed by atoms with Crippen molar-refractivity contribution in [3.63, 3.8) is 0 Å². The molecule has 0 aliphatic carbocycles. The van der Waals surface area contributed by atoms with E-state index < -0.39 is 0 Å². The van der Waals surface area contributed by atoms with E-state index in [2.05, 4.69) is 216 Å². The molecule has 0 fully saturated rings. The molecule has 0 amide bonds. The lowest BCUT2D eigenvalue weighted by atomic mass is 9.95. The molecule has 0 saturated heterocycles. The molecule has 258 valence electrons. The van der Waals surface area contributed by atoms with Gasteiger partial charge in [-0.1, -0.05) is 127 Å². The van der Waals surface area contributed by atoms with Crippen LogP contribution in [-0.4, -0.2) is 4.57 Å². The predicted octanol–water partition coefficient (Wildman–Crippen LogP) is 14.6. The zero-order valence-electron chi connectivity index (χ0n) is 29.9. The molecule has 0 aliphatic rings. The van der Waals surface area contributed by atoms with Crippen LogP contribution in [0.25, 0.3) is 82.5 Å². The molecule has 9 aromatic carbocycles. The van der Waals surface area contributed by atoms with Crippen LogP contribution < -0.4 is 4.90 Å². The predicted molar refractivity (Wildman–Crippen MR) is 231 cm³/mol. The summed E-state index contributed by atoms with van der Waals surface area (Å²) in [6.45, 7) is 0. The number of hydrogen-bond acceptors (Lipinski definition) is 2. The fraction of sp³-hybridized carbons (Fsp3) is 0. The summed E-state index contributed by atoms with van der Waals surface area (Å²) >= 11 is 0. The van der Waals surface area contributed by atoms with Gasteiger partial charge in [0.2, 0.25) is 0 Å².